The van der Waals surface area contributed by atoms with E-state index in [9.17, 15) is 19.2 Å². The second kappa shape index (κ2) is 10.7. The minimum absolute atomic E-state index is 0.0833. The summed E-state index contributed by atoms with van der Waals surface area (Å²) in [5.41, 5.74) is 10.9. The van der Waals surface area contributed by atoms with Crippen LogP contribution in [0.4, 0.5) is 11.4 Å². The molecule has 3 heterocycles. The molecule has 1 unspecified atom stereocenters. The average Bonchev–Trinajstić information content (AvgIpc) is 3.18. The van der Waals surface area contributed by atoms with Gasteiger partial charge in [-0.1, -0.05) is 24.3 Å². The van der Waals surface area contributed by atoms with Crippen LogP contribution in [0.5, 0.6) is 5.75 Å². The zero-order valence-corrected chi connectivity index (χ0v) is 22.7. The van der Waals surface area contributed by atoms with Crippen LogP contribution in [0.15, 0.2) is 60.7 Å². The number of hydrogen-bond acceptors (Lipinski definition) is 8. The van der Waals surface area contributed by atoms with Gasteiger partial charge in [0.15, 0.2) is 0 Å². The first-order chi connectivity index (χ1) is 19.8. The zero-order valence-electron chi connectivity index (χ0n) is 22.7. The molecule has 210 valence electrons. The van der Waals surface area contributed by atoms with Crippen molar-refractivity contribution in [2.24, 2.45) is 0 Å². The molecule has 4 amide bonds. The predicted octanol–water partition coefficient (Wildman–Crippen LogP) is 2.85. The van der Waals surface area contributed by atoms with E-state index in [0.717, 1.165) is 41.5 Å². The van der Waals surface area contributed by atoms with Crippen LogP contribution in [-0.2, 0) is 22.7 Å². The van der Waals surface area contributed by atoms with Crippen LogP contribution in [0.3, 0.4) is 0 Å². The number of amides is 4. The summed E-state index contributed by atoms with van der Waals surface area (Å²) >= 11 is 0. The van der Waals surface area contributed by atoms with Crippen molar-refractivity contribution >= 4 is 35.0 Å². The highest BCUT2D eigenvalue weighted by Crippen LogP contribution is 2.33. The minimum Gasteiger partial charge on any atom is -0.488 e. The van der Waals surface area contributed by atoms with Gasteiger partial charge in [-0.15, -0.1) is 0 Å². The maximum atomic E-state index is 13.3. The molecule has 0 spiro atoms. The molecule has 3 aromatic carbocycles. The Morgan fingerprint density at radius 3 is 2.51 bits per heavy atom. The zero-order chi connectivity index (χ0) is 28.7. The highest BCUT2D eigenvalue weighted by Gasteiger charge is 2.45. The molecule has 1 atom stereocenters. The number of rotatable bonds is 8. The molecule has 0 saturated carbocycles. The quantitative estimate of drug-likeness (QED) is 0.286. The lowest BCUT2D eigenvalue weighted by molar-refractivity contribution is -0.136. The minimum atomic E-state index is -0.992. The molecule has 2 saturated heterocycles. The number of benzene rings is 3. The number of fused-ring (bicyclic) bond motifs is 1. The summed E-state index contributed by atoms with van der Waals surface area (Å²) in [5.74, 6) is -1.23. The summed E-state index contributed by atoms with van der Waals surface area (Å²) in [6, 6.07) is 17.8. The van der Waals surface area contributed by atoms with E-state index in [1.54, 1.807) is 18.2 Å². The van der Waals surface area contributed by atoms with Crippen molar-refractivity contribution in [1.82, 2.24) is 15.1 Å². The number of carbonyl (C=O) groups excluding carboxylic acids is 4. The highest BCUT2D eigenvalue weighted by atomic mass is 16.5. The van der Waals surface area contributed by atoms with Crippen molar-refractivity contribution in [2.45, 2.75) is 45.0 Å². The monoisotopic (exact) mass is 553 g/mol. The summed E-state index contributed by atoms with van der Waals surface area (Å²) in [4.78, 5) is 53.6. The van der Waals surface area contributed by atoms with Gasteiger partial charge in [-0.05, 0) is 66.4 Å². The number of ether oxygens (including phenoxy) is 1. The first-order valence-electron chi connectivity index (χ1n) is 13.7. The first kappa shape index (κ1) is 26.5. The van der Waals surface area contributed by atoms with Gasteiger partial charge in [0.05, 0.1) is 11.1 Å². The van der Waals surface area contributed by atoms with Crippen molar-refractivity contribution in [2.75, 3.05) is 24.1 Å². The van der Waals surface area contributed by atoms with E-state index in [0.29, 0.717) is 12.2 Å². The van der Waals surface area contributed by atoms with E-state index in [2.05, 4.69) is 40.7 Å². The number of hydrogen-bond donors (Lipinski definition) is 3. The number of aryl methyl sites for hydroxylation is 1. The lowest BCUT2D eigenvalue weighted by Crippen LogP contribution is -2.54. The summed E-state index contributed by atoms with van der Waals surface area (Å²) in [5, 5.41) is 5.53. The van der Waals surface area contributed by atoms with Crippen molar-refractivity contribution < 1.29 is 23.9 Å². The van der Waals surface area contributed by atoms with Crippen molar-refractivity contribution in [1.29, 1.82) is 0 Å². The molecule has 0 bridgehead atoms. The van der Waals surface area contributed by atoms with Gasteiger partial charge in [-0.25, -0.2) is 0 Å². The molecule has 6 rings (SSSR count). The molecule has 10 heteroatoms. The normalized spacial score (nSPS) is 19.1. The lowest BCUT2D eigenvalue weighted by Gasteiger charge is -2.39. The summed E-state index contributed by atoms with van der Waals surface area (Å²) < 4.78 is 6.01. The molecule has 0 aliphatic carbocycles. The highest BCUT2D eigenvalue weighted by molar-refractivity contribution is 6.25. The predicted molar refractivity (Wildman–Crippen MR) is 152 cm³/mol. The Labute approximate surface area is 237 Å². The van der Waals surface area contributed by atoms with Crippen LogP contribution in [0, 0.1) is 6.92 Å². The molecule has 3 aliphatic rings. The van der Waals surface area contributed by atoms with Crippen molar-refractivity contribution in [3.63, 3.8) is 0 Å². The maximum absolute atomic E-state index is 13.3. The third kappa shape index (κ3) is 5.26. The molecule has 4 N–H and O–H groups in total. The van der Waals surface area contributed by atoms with Crippen LogP contribution < -0.4 is 21.1 Å². The van der Waals surface area contributed by atoms with E-state index in [-0.39, 0.29) is 30.1 Å². The van der Waals surface area contributed by atoms with Gasteiger partial charge < -0.3 is 15.8 Å². The Bertz CT molecular complexity index is 1550. The topological polar surface area (TPSA) is 134 Å². The first-order valence-corrected chi connectivity index (χ1v) is 13.7. The second-order valence-corrected chi connectivity index (χ2v) is 10.8. The number of nitrogens with two attached hydrogens (primary N) is 1. The van der Waals surface area contributed by atoms with Crippen LogP contribution >= 0.6 is 0 Å². The number of imide groups is 2. The Hall–Kier alpha value is -4.70. The summed E-state index contributed by atoms with van der Waals surface area (Å²) in [6.07, 6.45) is 0.369. The number of carbonyl (C=O) groups is 4. The van der Waals surface area contributed by atoms with Gasteiger partial charge >= 0.3 is 0 Å². The van der Waals surface area contributed by atoms with Crippen LogP contribution in [0.1, 0.15) is 50.2 Å². The fourth-order valence-electron chi connectivity index (χ4n) is 5.61. The largest absolute Gasteiger partial charge is 0.488 e. The molecule has 0 radical (unpaired) electrons. The number of piperidine rings is 1. The average molecular weight is 554 g/mol. The van der Waals surface area contributed by atoms with E-state index in [1.165, 1.54) is 11.1 Å². The fourth-order valence-corrected chi connectivity index (χ4v) is 5.61. The van der Waals surface area contributed by atoms with Crippen LogP contribution in [0.25, 0.3) is 0 Å². The third-order valence-corrected chi connectivity index (χ3v) is 7.86. The number of nitrogen functional groups attached to an aromatic ring is 1. The number of nitrogens with zero attached hydrogens (tertiary/aromatic N) is 2. The molecule has 10 nitrogen and oxygen atoms in total. The molecular formula is C31H31N5O5. The molecule has 41 heavy (non-hydrogen) atoms. The Morgan fingerprint density at radius 2 is 1.78 bits per heavy atom. The molecule has 3 aliphatic heterocycles. The fraction of sp³-hybridized carbons (Fsp3) is 0.290. The summed E-state index contributed by atoms with van der Waals surface area (Å²) in [6.45, 7) is 5.09. The maximum Gasteiger partial charge on any atom is 0.264 e. The molecule has 2 fully saturated rings. The van der Waals surface area contributed by atoms with E-state index in [4.69, 9.17) is 10.5 Å². The van der Waals surface area contributed by atoms with Gasteiger partial charge in [0.25, 0.3) is 11.8 Å². The second-order valence-electron chi connectivity index (χ2n) is 10.8. The number of anilines is 2. The third-order valence-electron chi connectivity index (χ3n) is 7.86. The molecule has 3 aromatic rings. The van der Waals surface area contributed by atoms with E-state index >= 15 is 0 Å². The Morgan fingerprint density at radius 1 is 1.00 bits per heavy atom. The molecular weight excluding hydrogens is 522 g/mol. The smallest absolute Gasteiger partial charge is 0.264 e. The lowest BCUT2D eigenvalue weighted by atomic mass is 10.0. The Kier molecular flexibility index (Phi) is 6.92. The van der Waals surface area contributed by atoms with E-state index < -0.39 is 29.7 Å². The molecule has 0 aromatic heterocycles. The van der Waals surface area contributed by atoms with Gasteiger partial charge in [-0.2, -0.15) is 0 Å². The van der Waals surface area contributed by atoms with Crippen molar-refractivity contribution in [3.05, 3.63) is 88.5 Å². The summed E-state index contributed by atoms with van der Waals surface area (Å²) in [7, 11) is 0. The standard InChI is InChI=1S/C31H31N5O5/c1-18-13-19(5-6-20(18)15-35-16-23(17-35)41-22-9-7-21(32)8-10-22)14-33-25-4-2-3-24-28(25)31(40)36(30(24)39)26-11-12-27(37)34-29(26)38/h2-10,13,23,26,33H,11-12,14-17,32H2,1H3,(H,34,37,38). The Balaban J connectivity index is 1.06. The van der Waals surface area contributed by atoms with Gasteiger partial charge in [0, 0.05) is 44.0 Å². The van der Waals surface area contributed by atoms with Crippen LogP contribution in [-0.4, -0.2) is 58.7 Å². The number of nitrogens with one attached hydrogen (secondary N) is 2. The van der Waals surface area contributed by atoms with Crippen LogP contribution in [0.2, 0.25) is 0 Å². The van der Waals surface area contributed by atoms with Gasteiger partial charge in [0.2, 0.25) is 11.8 Å². The van der Waals surface area contributed by atoms with Gasteiger partial charge in [0.1, 0.15) is 17.9 Å². The van der Waals surface area contributed by atoms with Gasteiger partial charge in [-0.3, -0.25) is 34.3 Å². The van der Waals surface area contributed by atoms with E-state index in [1.807, 2.05) is 24.3 Å². The van der Waals surface area contributed by atoms with Crippen molar-refractivity contribution in [3.8, 4) is 5.75 Å². The SMILES string of the molecule is Cc1cc(CNc2cccc3c2C(=O)N(C2CCC(=O)NC2=O)C3=O)ccc1CN1CC(Oc2ccc(N)cc2)C1. The number of likely N-dealkylation sites (tertiary alicyclic amines) is 1.